The minimum Gasteiger partial charge on any atom is -0.493 e. The van der Waals surface area contributed by atoms with Gasteiger partial charge >= 0.3 is 0 Å². The third-order valence-corrected chi connectivity index (χ3v) is 6.33. The van der Waals surface area contributed by atoms with Crippen LogP contribution in [0.2, 0.25) is 0 Å². The zero-order chi connectivity index (χ0) is 15.3. The fourth-order valence-corrected chi connectivity index (χ4v) is 4.16. The van der Waals surface area contributed by atoms with Crippen LogP contribution >= 0.6 is 0 Å². The first-order valence-corrected chi connectivity index (χ1v) is 9.00. The Morgan fingerprint density at radius 3 is 2.43 bits per heavy atom. The summed E-state index contributed by atoms with van der Waals surface area (Å²) in [6.07, 6.45) is 1.88. The summed E-state index contributed by atoms with van der Waals surface area (Å²) >= 11 is 0. The van der Waals surface area contributed by atoms with Crippen molar-refractivity contribution in [1.82, 2.24) is 0 Å². The molecule has 6 heteroatoms. The topological polar surface area (TPSA) is 78.6 Å². The summed E-state index contributed by atoms with van der Waals surface area (Å²) < 4.78 is 33.6. The summed E-state index contributed by atoms with van der Waals surface area (Å²) in [5.74, 6) is 1.41. The van der Waals surface area contributed by atoms with Gasteiger partial charge in [0, 0.05) is 11.5 Å². The fraction of sp³-hybridized carbons (Fsp3) is 0.600. The molecule has 1 atom stereocenters. The lowest BCUT2D eigenvalue weighted by Crippen LogP contribution is -2.45. The zero-order valence-electron chi connectivity index (χ0n) is 12.3. The van der Waals surface area contributed by atoms with Crippen molar-refractivity contribution in [2.45, 2.75) is 37.3 Å². The largest absolute Gasteiger partial charge is 0.493 e. The Balaban J connectivity index is 1.85. The molecule has 1 aliphatic heterocycles. The Kier molecular flexibility index (Phi) is 3.41. The molecule has 1 aromatic rings. The molecule has 2 fully saturated rings. The van der Waals surface area contributed by atoms with Gasteiger partial charge in [0.2, 0.25) is 0 Å². The molecule has 0 radical (unpaired) electrons. The average Bonchev–Trinajstić information content (AvgIpc) is 3.18. The number of hydrogen-bond donors (Lipinski definition) is 1. The van der Waals surface area contributed by atoms with Crippen molar-refractivity contribution in [2.24, 2.45) is 5.73 Å². The normalized spacial score (nSPS) is 24.0. The predicted octanol–water partition coefficient (Wildman–Crippen LogP) is 1.25. The van der Waals surface area contributed by atoms with Crippen LogP contribution in [0.25, 0.3) is 0 Å². The minimum absolute atomic E-state index is 0.0378. The Bertz CT molecular complexity index is 638. The molecular formula is C15H21NO4S. The molecule has 0 spiro atoms. The van der Waals surface area contributed by atoms with Crippen LogP contribution < -0.4 is 15.2 Å². The van der Waals surface area contributed by atoms with E-state index in [1.807, 2.05) is 25.1 Å². The molecule has 0 aromatic heterocycles. The maximum atomic E-state index is 11.2. The van der Waals surface area contributed by atoms with E-state index < -0.39 is 9.84 Å². The highest BCUT2D eigenvalue weighted by atomic mass is 32.2. The second-order valence-electron chi connectivity index (χ2n) is 6.13. The van der Waals surface area contributed by atoms with E-state index in [1.54, 1.807) is 7.11 Å². The number of methoxy groups -OCH3 is 1. The minimum atomic E-state index is -2.90. The van der Waals surface area contributed by atoms with E-state index in [2.05, 4.69) is 0 Å². The smallest absolute Gasteiger partial charge is 0.161 e. The van der Waals surface area contributed by atoms with Crippen molar-refractivity contribution < 1.29 is 17.9 Å². The molecule has 1 unspecified atom stereocenters. The van der Waals surface area contributed by atoms with Crippen molar-refractivity contribution in [2.75, 3.05) is 18.6 Å². The van der Waals surface area contributed by atoms with Crippen molar-refractivity contribution in [3.63, 3.8) is 0 Å². The van der Waals surface area contributed by atoms with Crippen LogP contribution in [0.5, 0.6) is 11.5 Å². The molecule has 5 nitrogen and oxygen atoms in total. The van der Waals surface area contributed by atoms with Gasteiger partial charge in [0.25, 0.3) is 0 Å². The highest BCUT2D eigenvalue weighted by molar-refractivity contribution is 7.92. The number of rotatable bonds is 5. The van der Waals surface area contributed by atoms with E-state index in [4.69, 9.17) is 15.2 Å². The first-order valence-electron chi connectivity index (χ1n) is 7.17. The lowest BCUT2D eigenvalue weighted by molar-refractivity contribution is 0.219. The number of benzene rings is 1. The summed E-state index contributed by atoms with van der Waals surface area (Å²) in [5.41, 5.74) is 7.29. The van der Waals surface area contributed by atoms with Crippen LogP contribution in [0.15, 0.2) is 18.2 Å². The van der Waals surface area contributed by atoms with Crippen molar-refractivity contribution >= 4 is 9.84 Å². The number of nitrogens with two attached hydrogens (primary N) is 1. The van der Waals surface area contributed by atoms with Gasteiger partial charge in [-0.15, -0.1) is 0 Å². The quantitative estimate of drug-likeness (QED) is 0.885. The summed E-state index contributed by atoms with van der Waals surface area (Å²) in [5, 5.41) is 0. The van der Waals surface area contributed by atoms with E-state index in [0.717, 1.165) is 18.4 Å². The fourth-order valence-electron chi connectivity index (χ4n) is 2.99. The number of hydrogen-bond acceptors (Lipinski definition) is 5. The average molecular weight is 311 g/mol. The molecule has 0 bridgehead atoms. The predicted molar refractivity (Wildman–Crippen MR) is 80.6 cm³/mol. The van der Waals surface area contributed by atoms with Gasteiger partial charge < -0.3 is 15.2 Å². The Morgan fingerprint density at radius 1 is 1.29 bits per heavy atom. The Morgan fingerprint density at radius 2 is 1.95 bits per heavy atom. The van der Waals surface area contributed by atoms with Gasteiger partial charge in [-0.2, -0.15) is 0 Å². The molecule has 116 valence electrons. The lowest BCUT2D eigenvalue weighted by atomic mass is 9.89. The SMILES string of the molecule is COc1ccc(C2(C(C)N)CC2)cc1OC1CS(=O)(=O)C1. The van der Waals surface area contributed by atoms with Gasteiger partial charge in [-0.3, -0.25) is 0 Å². The Labute approximate surface area is 125 Å². The molecule has 1 aliphatic carbocycles. The van der Waals surface area contributed by atoms with Crippen LogP contribution in [0.4, 0.5) is 0 Å². The molecule has 1 aromatic carbocycles. The summed E-state index contributed by atoms with van der Waals surface area (Å²) in [4.78, 5) is 0. The van der Waals surface area contributed by atoms with Crippen molar-refractivity contribution in [3.05, 3.63) is 23.8 Å². The number of ether oxygens (including phenoxy) is 2. The Hall–Kier alpha value is -1.27. The van der Waals surface area contributed by atoms with E-state index in [1.165, 1.54) is 0 Å². The second kappa shape index (κ2) is 4.88. The second-order valence-corrected chi connectivity index (χ2v) is 8.28. The molecule has 2 aliphatic rings. The summed E-state index contributed by atoms with van der Waals surface area (Å²) in [6, 6.07) is 5.95. The van der Waals surface area contributed by atoms with E-state index in [-0.39, 0.29) is 29.1 Å². The highest BCUT2D eigenvalue weighted by Gasteiger charge is 2.47. The van der Waals surface area contributed by atoms with E-state index in [9.17, 15) is 8.42 Å². The summed E-state index contributed by atoms with van der Waals surface area (Å²) in [7, 11) is -1.31. The maximum absolute atomic E-state index is 11.2. The molecule has 2 N–H and O–H groups in total. The van der Waals surface area contributed by atoms with Gasteiger partial charge in [0.15, 0.2) is 21.3 Å². The van der Waals surface area contributed by atoms with Crippen LogP contribution in [-0.2, 0) is 15.3 Å². The third kappa shape index (κ3) is 2.62. The monoisotopic (exact) mass is 311 g/mol. The number of sulfone groups is 1. The highest BCUT2D eigenvalue weighted by Crippen LogP contribution is 2.51. The molecule has 1 saturated carbocycles. The van der Waals surface area contributed by atoms with E-state index >= 15 is 0 Å². The molecule has 3 rings (SSSR count). The molecule has 21 heavy (non-hydrogen) atoms. The molecular weight excluding hydrogens is 290 g/mol. The maximum Gasteiger partial charge on any atom is 0.161 e. The van der Waals surface area contributed by atoms with Gasteiger partial charge in [0.05, 0.1) is 18.6 Å². The standard InChI is InChI=1S/C15H21NO4S/c1-10(16)15(5-6-15)11-3-4-13(19-2)14(7-11)20-12-8-21(17,18)9-12/h3-4,7,10,12H,5-6,8-9,16H2,1-2H3. The van der Waals surface area contributed by atoms with Gasteiger partial charge in [-0.05, 0) is 37.5 Å². The summed E-state index contributed by atoms with van der Waals surface area (Å²) in [6.45, 7) is 2.02. The van der Waals surface area contributed by atoms with Crippen molar-refractivity contribution in [3.8, 4) is 11.5 Å². The zero-order valence-corrected chi connectivity index (χ0v) is 13.2. The first kappa shape index (κ1) is 14.7. The molecule has 1 heterocycles. The van der Waals surface area contributed by atoms with Crippen LogP contribution in [-0.4, -0.2) is 39.2 Å². The van der Waals surface area contributed by atoms with E-state index in [0.29, 0.717) is 11.5 Å². The van der Waals surface area contributed by atoms with Crippen LogP contribution in [0.3, 0.4) is 0 Å². The third-order valence-electron chi connectivity index (χ3n) is 4.57. The van der Waals surface area contributed by atoms with Crippen LogP contribution in [0.1, 0.15) is 25.3 Å². The van der Waals surface area contributed by atoms with Gasteiger partial charge in [0.1, 0.15) is 6.10 Å². The molecule has 0 amide bonds. The van der Waals surface area contributed by atoms with Crippen molar-refractivity contribution in [1.29, 1.82) is 0 Å². The van der Waals surface area contributed by atoms with Gasteiger partial charge in [-0.25, -0.2) is 8.42 Å². The first-order chi connectivity index (χ1) is 9.86. The van der Waals surface area contributed by atoms with Crippen LogP contribution in [0, 0.1) is 0 Å². The van der Waals surface area contributed by atoms with Gasteiger partial charge in [-0.1, -0.05) is 6.07 Å². The lowest BCUT2D eigenvalue weighted by Gasteiger charge is -2.28. The molecule has 1 saturated heterocycles.